The van der Waals surface area contributed by atoms with Crippen LogP contribution in [0.3, 0.4) is 0 Å². The third kappa shape index (κ3) is 3.43. The quantitative estimate of drug-likeness (QED) is 0.789. The number of aromatic nitrogens is 2. The molecule has 1 aromatic heterocycles. The van der Waals surface area contributed by atoms with Gasteiger partial charge in [0.25, 0.3) is 0 Å². The van der Waals surface area contributed by atoms with Crippen LogP contribution >= 0.6 is 0 Å². The summed E-state index contributed by atoms with van der Waals surface area (Å²) in [6.45, 7) is 3.64. The molecular weight excluding hydrogens is 306 g/mol. The highest BCUT2D eigenvalue weighted by molar-refractivity contribution is 7.89. The van der Waals surface area contributed by atoms with Crippen molar-refractivity contribution in [3.05, 3.63) is 35.7 Å². The molecule has 0 saturated carbocycles. The Bertz CT molecular complexity index is 809. The van der Waals surface area contributed by atoms with Gasteiger partial charge in [-0.05, 0) is 38.1 Å². The van der Waals surface area contributed by atoms with Gasteiger partial charge in [-0.1, -0.05) is 0 Å². The lowest BCUT2D eigenvalue weighted by atomic mass is 10.3. The molecule has 0 aliphatic carbocycles. The van der Waals surface area contributed by atoms with E-state index < -0.39 is 16.1 Å². The van der Waals surface area contributed by atoms with E-state index in [0.717, 1.165) is 5.69 Å². The van der Waals surface area contributed by atoms with Crippen molar-refractivity contribution in [3.8, 4) is 0 Å². The number of amides is 2. The fraction of sp³-hybridized carbons (Fsp3) is 0.231. The van der Waals surface area contributed by atoms with Crippen LogP contribution in [0.5, 0.6) is 0 Å². The topological polar surface area (TPSA) is 119 Å². The first-order valence-electron chi connectivity index (χ1n) is 6.39. The van der Waals surface area contributed by atoms with Gasteiger partial charge in [0.15, 0.2) is 0 Å². The fourth-order valence-corrected chi connectivity index (χ4v) is 2.47. The van der Waals surface area contributed by atoms with Crippen LogP contribution in [-0.4, -0.2) is 24.2 Å². The summed E-state index contributed by atoms with van der Waals surface area (Å²) in [4.78, 5) is 12.0. The number of hydrogen-bond acceptors (Lipinski definition) is 4. The van der Waals surface area contributed by atoms with Crippen molar-refractivity contribution in [2.24, 2.45) is 12.2 Å². The van der Waals surface area contributed by atoms with Crippen molar-refractivity contribution in [2.75, 3.05) is 10.6 Å². The second-order valence-corrected chi connectivity index (χ2v) is 6.38. The van der Waals surface area contributed by atoms with Crippen molar-refractivity contribution in [2.45, 2.75) is 18.7 Å². The third-order valence-corrected chi connectivity index (χ3v) is 4.12. The number of hydrogen-bond donors (Lipinski definition) is 3. The molecule has 8 nitrogen and oxygen atoms in total. The number of anilines is 2. The number of benzene rings is 1. The molecule has 0 atom stereocenters. The van der Waals surface area contributed by atoms with Gasteiger partial charge < -0.3 is 10.6 Å². The van der Waals surface area contributed by atoms with Gasteiger partial charge in [-0.3, -0.25) is 4.68 Å². The summed E-state index contributed by atoms with van der Waals surface area (Å²) >= 11 is 0. The number of nitrogens with one attached hydrogen (secondary N) is 2. The molecule has 9 heteroatoms. The predicted molar refractivity (Wildman–Crippen MR) is 83.1 cm³/mol. The minimum atomic E-state index is -3.74. The zero-order valence-corrected chi connectivity index (χ0v) is 13.2. The SMILES string of the molecule is Cc1nn(C)c(C)c1NC(=O)Nc1ccc(S(N)(=O)=O)cc1. The van der Waals surface area contributed by atoms with Crippen molar-refractivity contribution < 1.29 is 13.2 Å². The summed E-state index contributed by atoms with van der Waals surface area (Å²) in [7, 11) is -1.96. The van der Waals surface area contributed by atoms with Crippen LogP contribution in [0.1, 0.15) is 11.4 Å². The Morgan fingerprint density at radius 2 is 1.77 bits per heavy atom. The molecule has 1 aromatic carbocycles. The molecule has 0 radical (unpaired) electrons. The number of sulfonamides is 1. The van der Waals surface area contributed by atoms with Crippen LogP contribution in [0.2, 0.25) is 0 Å². The van der Waals surface area contributed by atoms with Gasteiger partial charge in [-0.25, -0.2) is 18.4 Å². The lowest BCUT2D eigenvalue weighted by molar-refractivity contribution is 0.262. The smallest absolute Gasteiger partial charge is 0.308 e. The molecule has 22 heavy (non-hydrogen) atoms. The van der Waals surface area contributed by atoms with Crippen molar-refractivity contribution >= 4 is 27.4 Å². The molecule has 2 amide bonds. The molecule has 1 heterocycles. The first-order valence-corrected chi connectivity index (χ1v) is 7.94. The number of nitrogens with zero attached hydrogens (tertiary/aromatic N) is 2. The van der Waals surface area contributed by atoms with Gasteiger partial charge in [0.2, 0.25) is 10.0 Å². The van der Waals surface area contributed by atoms with Crippen LogP contribution in [0.15, 0.2) is 29.2 Å². The average Bonchev–Trinajstić information content (AvgIpc) is 2.65. The Labute approximate surface area is 128 Å². The summed E-state index contributed by atoms with van der Waals surface area (Å²) in [5, 5.41) is 14.5. The Hall–Kier alpha value is -2.39. The summed E-state index contributed by atoms with van der Waals surface area (Å²) in [5.41, 5.74) is 2.63. The van der Waals surface area contributed by atoms with E-state index in [0.29, 0.717) is 17.1 Å². The zero-order chi connectivity index (χ0) is 16.5. The number of aryl methyl sites for hydroxylation is 2. The monoisotopic (exact) mass is 323 g/mol. The van der Waals surface area contributed by atoms with E-state index in [1.54, 1.807) is 18.7 Å². The standard InChI is InChI=1S/C13H17N5O3S/c1-8-12(9(2)18(3)17-8)16-13(19)15-10-4-6-11(7-5-10)22(14,20)21/h4-7H,1-3H3,(H2,14,20,21)(H2,15,16,19). The van der Waals surface area contributed by atoms with Crippen LogP contribution < -0.4 is 15.8 Å². The van der Waals surface area contributed by atoms with Gasteiger partial charge in [-0.15, -0.1) is 0 Å². The van der Waals surface area contributed by atoms with Crippen LogP contribution in [0.25, 0.3) is 0 Å². The molecule has 0 spiro atoms. The molecule has 2 rings (SSSR count). The molecule has 0 saturated heterocycles. The number of rotatable bonds is 3. The summed E-state index contributed by atoms with van der Waals surface area (Å²) in [6.07, 6.45) is 0. The van der Waals surface area contributed by atoms with Crippen LogP contribution in [0.4, 0.5) is 16.2 Å². The summed E-state index contributed by atoms with van der Waals surface area (Å²) < 4.78 is 24.0. The predicted octanol–water partition coefficient (Wildman–Crippen LogP) is 1.33. The molecule has 0 fully saturated rings. The lowest BCUT2D eigenvalue weighted by Crippen LogP contribution is -2.20. The molecule has 0 aliphatic rings. The first-order chi connectivity index (χ1) is 10.2. The van der Waals surface area contributed by atoms with Crippen LogP contribution in [-0.2, 0) is 17.1 Å². The Morgan fingerprint density at radius 3 is 2.23 bits per heavy atom. The largest absolute Gasteiger partial charge is 0.323 e. The molecule has 4 N–H and O–H groups in total. The van der Waals surface area contributed by atoms with Crippen molar-refractivity contribution in [1.82, 2.24) is 9.78 Å². The maximum absolute atomic E-state index is 12.0. The van der Waals surface area contributed by atoms with E-state index in [4.69, 9.17) is 5.14 Å². The van der Waals surface area contributed by atoms with E-state index in [2.05, 4.69) is 15.7 Å². The Kier molecular flexibility index (Phi) is 4.20. The Morgan fingerprint density at radius 1 is 1.18 bits per heavy atom. The number of urea groups is 1. The highest BCUT2D eigenvalue weighted by atomic mass is 32.2. The average molecular weight is 323 g/mol. The van der Waals surface area contributed by atoms with E-state index in [-0.39, 0.29) is 4.90 Å². The third-order valence-electron chi connectivity index (χ3n) is 3.19. The Balaban J connectivity index is 2.09. The van der Waals surface area contributed by atoms with E-state index >= 15 is 0 Å². The highest BCUT2D eigenvalue weighted by Gasteiger charge is 2.13. The van der Waals surface area contributed by atoms with Gasteiger partial charge in [-0.2, -0.15) is 5.10 Å². The number of carbonyl (C=O) groups is 1. The summed E-state index contributed by atoms with van der Waals surface area (Å²) in [5.74, 6) is 0. The van der Waals surface area contributed by atoms with Gasteiger partial charge in [0.1, 0.15) is 0 Å². The van der Waals surface area contributed by atoms with Crippen molar-refractivity contribution in [1.29, 1.82) is 0 Å². The van der Waals surface area contributed by atoms with Gasteiger partial charge in [0.05, 0.1) is 22.0 Å². The van der Waals surface area contributed by atoms with E-state index in [1.807, 2.05) is 6.92 Å². The first kappa shape index (κ1) is 16.0. The summed E-state index contributed by atoms with van der Waals surface area (Å²) in [6, 6.07) is 5.13. The second-order valence-electron chi connectivity index (χ2n) is 4.82. The lowest BCUT2D eigenvalue weighted by Gasteiger charge is -2.08. The van der Waals surface area contributed by atoms with Gasteiger partial charge >= 0.3 is 6.03 Å². The maximum atomic E-state index is 12.0. The molecule has 0 bridgehead atoms. The number of nitrogens with two attached hydrogens (primary N) is 1. The maximum Gasteiger partial charge on any atom is 0.323 e. The highest BCUT2D eigenvalue weighted by Crippen LogP contribution is 2.19. The minimum absolute atomic E-state index is 0.0163. The second kappa shape index (κ2) is 5.78. The fourth-order valence-electron chi connectivity index (χ4n) is 1.96. The molecular formula is C13H17N5O3S. The van der Waals surface area contributed by atoms with E-state index in [9.17, 15) is 13.2 Å². The molecule has 0 unspecified atom stereocenters. The van der Waals surface area contributed by atoms with E-state index in [1.165, 1.54) is 24.3 Å². The van der Waals surface area contributed by atoms with Gasteiger partial charge in [0, 0.05) is 12.7 Å². The minimum Gasteiger partial charge on any atom is -0.308 e. The molecule has 118 valence electrons. The molecule has 0 aliphatic heterocycles. The van der Waals surface area contributed by atoms with Crippen LogP contribution in [0, 0.1) is 13.8 Å². The number of primary sulfonamides is 1. The number of carbonyl (C=O) groups excluding carboxylic acids is 1. The normalized spacial score (nSPS) is 11.3. The van der Waals surface area contributed by atoms with Crippen molar-refractivity contribution in [3.63, 3.8) is 0 Å². The molecule has 2 aromatic rings. The zero-order valence-electron chi connectivity index (χ0n) is 12.4.